The quantitative estimate of drug-likeness (QED) is 0.177. The maximum atomic E-state index is 2.53. The van der Waals surface area contributed by atoms with Crippen LogP contribution in [0.5, 0.6) is 0 Å². The van der Waals surface area contributed by atoms with E-state index in [4.69, 9.17) is 0 Å². The normalized spacial score (nSPS) is 14.0. The van der Waals surface area contributed by atoms with Crippen molar-refractivity contribution < 1.29 is 0 Å². The average Bonchev–Trinajstić information content (AvgIpc) is 3.58. The van der Waals surface area contributed by atoms with Gasteiger partial charge < -0.3 is 0 Å². The molecule has 2 aliphatic rings. The summed E-state index contributed by atoms with van der Waals surface area (Å²) < 4.78 is 0. The number of fused-ring (bicyclic) bond motifs is 10. The van der Waals surface area contributed by atoms with E-state index >= 15 is 0 Å². The third kappa shape index (κ3) is 3.39. The lowest BCUT2D eigenvalue weighted by atomic mass is 9.79. The van der Waals surface area contributed by atoms with Crippen molar-refractivity contribution in [3.63, 3.8) is 0 Å². The Balaban J connectivity index is 1.29. The highest BCUT2D eigenvalue weighted by Gasteiger charge is 2.37. The summed E-state index contributed by atoms with van der Waals surface area (Å²) in [6.07, 6.45) is 0.993. The second-order valence-corrected chi connectivity index (χ2v) is 13.6. The molecule has 8 aromatic rings. The zero-order valence-corrected chi connectivity index (χ0v) is 26.1. The molecule has 46 heavy (non-hydrogen) atoms. The Morgan fingerprint density at radius 2 is 0.891 bits per heavy atom. The lowest BCUT2D eigenvalue weighted by Crippen LogP contribution is -2.15. The largest absolute Gasteiger partial charge is 0.0619 e. The van der Waals surface area contributed by atoms with Gasteiger partial charge in [-0.25, -0.2) is 0 Å². The van der Waals surface area contributed by atoms with Gasteiger partial charge in [-0.15, -0.1) is 0 Å². The highest BCUT2D eigenvalue weighted by molar-refractivity contribution is 6.24. The molecule has 10 rings (SSSR count). The van der Waals surface area contributed by atoms with Gasteiger partial charge in [0.1, 0.15) is 0 Å². The van der Waals surface area contributed by atoms with Crippen LogP contribution in [0.25, 0.3) is 76.8 Å². The van der Waals surface area contributed by atoms with E-state index in [1.165, 1.54) is 99.1 Å². The molecule has 0 heterocycles. The van der Waals surface area contributed by atoms with Crippen LogP contribution in [-0.2, 0) is 11.8 Å². The standard InChI is InChI=1S/C46H32/c1-46(2)41-22-12-11-21-39(41)45-34-16-6-5-15-33(34)40(27-42(45)46)44-37-19-9-7-17-35(37)43(36-18-8-10-20-38(36)44)29-23-24-32-30(26-29)25-28-13-3-4-14-31(28)32/h3-24,26-27H,25H2,1-2H3. The van der Waals surface area contributed by atoms with Crippen molar-refractivity contribution in [3.05, 3.63) is 168 Å². The summed E-state index contributed by atoms with van der Waals surface area (Å²) in [7, 11) is 0. The van der Waals surface area contributed by atoms with Crippen molar-refractivity contribution in [2.45, 2.75) is 25.7 Å². The molecule has 0 aromatic heterocycles. The van der Waals surface area contributed by atoms with Gasteiger partial charge >= 0.3 is 0 Å². The van der Waals surface area contributed by atoms with Gasteiger partial charge in [0.15, 0.2) is 0 Å². The van der Waals surface area contributed by atoms with E-state index in [1.54, 1.807) is 0 Å². The number of hydrogen-bond acceptors (Lipinski definition) is 0. The van der Waals surface area contributed by atoms with E-state index in [1.807, 2.05) is 0 Å². The molecule has 0 saturated heterocycles. The zero-order chi connectivity index (χ0) is 30.6. The highest BCUT2D eigenvalue weighted by Crippen LogP contribution is 2.55. The first kappa shape index (κ1) is 25.8. The first-order valence-corrected chi connectivity index (χ1v) is 16.4. The van der Waals surface area contributed by atoms with Crippen molar-refractivity contribution >= 4 is 32.3 Å². The Morgan fingerprint density at radius 1 is 0.370 bits per heavy atom. The van der Waals surface area contributed by atoms with Gasteiger partial charge in [0.25, 0.3) is 0 Å². The fourth-order valence-corrected chi connectivity index (χ4v) is 8.79. The molecule has 8 aromatic carbocycles. The molecule has 0 spiro atoms. The topological polar surface area (TPSA) is 0 Å². The van der Waals surface area contributed by atoms with Crippen LogP contribution in [0.1, 0.15) is 36.1 Å². The second kappa shape index (κ2) is 9.28. The molecule has 0 bridgehead atoms. The fourth-order valence-electron chi connectivity index (χ4n) is 8.79. The summed E-state index contributed by atoms with van der Waals surface area (Å²) in [4.78, 5) is 0. The maximum absolute atomic E-state index is 2.53. The molecular formula is C46H32. The van der Waals surface area contributed by atoms with E-state index in [0.29, 0.717) is 0 Å². The van der Waals surface area contributed by atoms with E-state index < -0.39 is 0 Å². The number of rotatable bonds is 2. The number of benzene rings is 8. The average molecular weight is 585 g/mol. The molecule has 0 radical (unpaired) electrons. The molecule has 0 nitrogen and oxygen atoms in total. The highest BCUT2D eigenvalue weighted by atomic mass is 14.4. The number of hydrogen-bond donors (Lipinski definition) is 0. The van der Waals surface area contributed by atoms with Crippen LogP contribution in [0, 0.1) is 0 Å². The van der Waals surface area contributed by atoms with Crippen LogP contribution >= 0.6 is 0 Å². The van der Waals surface area contributed by atoms with Crippen LogP contribution in [0.4, 0.5) is 0 Å². The van der Waals surface area contributed by atoms with Crippen LogP contribution in [0.15, 0.2) is 146 Å². The molecule has 0 saturated carbocycles. The molecule has 0 atom stereocenters. The summed E-state index contributed by atoms with van der Waals surface area (Å²) in [6, 6.07) is 54.7. The van der Waals surface area contributed by atoms with Crippen LogP contribution < -0.4 is 0 Å². The van der Waals surface area contributed by atoms with Crippen LogP contribution in [-0.4, -0.2) is 0 Å². The minimum absolute atomic E-state index is 0.0851. The summed E-state index contributed by atoms with van der Waals surface area (Å²) in [5.41, 5.74) is 16.4. The SMILES string of the molecule is CC1(C)c2ccccc2-c2c1cc(-c1c3ccccc3c(-c3ccc4c(c3)Cc3ccccc3-4)c3ccccc13)c1ccccc21. The smallest absolute Gasteiger partial charge is 0.0159 e. The van der Waals surface area contributed by atoms with E-state index in [9.17, 15) is 0 Å². The van der Waals surface area contributed by atoms with Crippen LogP contribution in [0.2, 0.25) is 0 Å². The zero-order valence-electron chi connectivity index (χ0n) is 26.1. The summed E-state index contributed by atoms with van der Waals surface area (Å²) in [5, 5.41) is 7.87. The molecule has 0 amide bonds. The summed E-state index contributed by atoms with van der Waals surface area (Å²) in [5.74, 6) is 0. The van der Waals surface area contributed by atoms with Gasteiger partial charge in [-0.1, -0.05) is 153 Å². The van der Waals surface area contributed by atoms with E-state index in [-0.39, 0.29) is 5.41 Å². The van der Waals surface area contributed by atoms with Crippen molar-refractivity contribution in [2.75, 3.05) is 0 Å². The maximum Gasteiger partial charge on any atom is 0.0159 e. The van der Waals surface area contributed by atoms with Crippen molar-refractivity contribution in [1.29, 1.82) is 0 Å². The van der Waals surface area contributed by atoms with Gasteiger partial charge in [0, 0.05) is 5.41 Å². The Bertz CT molecular complexity index is 2520. The molecule has 216 valence electrons. The molecular weight excluding hydrogens is 553 g/mol. The predicted molar refractivity (Wildman–Crippen MR) is 196 cm³/mol. The van der Waals surface area contributed by atoms with Crippen molar-refractivity contribution in [1.82, 2.24) is 0 Å². The lowest BCUT2D eigenvalue weighted by molar-refractivity contribution is 0.661. The lowest BCUT2D eigenvalue weighted by Gasteiger charge is -2.24. The van der Waals surface area contributed by atoms with Crippen LogP contribution in [0.3, 0.4) is 0 Å². The molecule has 0 aliphatic heterocycles. The Kier molecular flexibility index (Phi) is 5.21. The van der Waals surface area contributed by atoms with Gasteiger partial charge in [0.2, 0.25) is 0 Å². The molecule has 0 heteroatoms. The van der Waals surface area contributed by atoms with E-state index in [2.05, 4.69) is 159 Å². The van der Waals surface area contributed by atoms with Crippen molar-refractivity contribution in [3.8, 4) is 44.5 Å². The van der Waals surface area contributed by atoms with Gasteiger partial charge in [-0.2, -0.15) is 0 Å². The third-order valence-corrected chi connectivity index (χ3v) is 10.9. The Hall–Kier alpha value is -5.46. The van der Waals surface area contributed by atoms with Gasteiger partial charge in [0.05, 0.1) is 0 Å². The van der Waals surface area contributed by atoms with E-state index in [0.717, 1.165) is 6.42 Å². The first-order valence-electron chi connectivity index (χ1n) is 16.4. The van der Waals surface area contributed by atoms with Gasteiger partial charge in [-0.05, 0) is 112 Å². The minimum atomic E-state index is -0.0851. The van der Waals surface area contributed by atoms with Gasteiger partial charge in [-0.3, -0.25) is 0 Å². The molecule has 2 aliphatic carbocycles. The Morgan fingerprint density at radius 3 is 1.59 bits per heavy atom. The summed E-state index contributed by atoms with van der Waals surface area (Å²) >= 11 is 0. The summed E-state index contributed by atoms with van der Waals surface area (Å²) in [6.45, 7) is 4.78. The first-order chi connectivity index (χ1) is 22.6. The second-order valence-electron chi connectivity index (χ2n) is 13.6. The minimum Gasteiger partial charge on any atom is -0.0619 e. The molecule has 0 fully saturated rings. The van der Waals surface area contributed by atoms with Crippen molar-refractivity contribution in [2.24, 2.45) is 0 Å². The monoisotopic (exact) mass is 584 g/mol. The fraction of sp³-hybridized carbons (Fsp3) is 0.0870. The molecule has 0 unspecified atom stereocenters. The third-order valence-electron chi connectivity index (χ3n) is 10.9. The molecule has 0 N–H and O–H groups in total. The predicted octanol–water partition coefficient (Wildman–Crippen LogP) is 12.4. The Labute approximate surface area is 269 Å².